The van der Waals surface area contributed by atoms with Gasteiger partial charge >= 0.3 is 0 Å². The van der Waals surface area contributed by atoms with Gasteiger partial charge in [-0.2, -0.15) is 0 Å². The number of benzene rings is 1. The van der Waals surface area contributed by atoms with Gasteiger partial charge in [0.25, 0.3) is 0 Å². The van der Waals surface area contributed by atoms with E-state index in [1.54, 1.807) is 18.0 Å². The fraction of sp³-hybridized carbons (Fsp3) is 0.429. The summed E-state index contributed by atoms with van der Waals surface area (Å²) in [4.78, 5) is 27.4. The topological polar surface area (TPSA) is 66.6 Å². The fourth-order valence-electron chi connectivity index (χ4n) is 2.41. The first kappa shape index (κ1) is 14.8. The number of rotatable bonds is 4. The molecule has 1 atom stereocenters. The van der Waals surface area contributed by atoms with Gasteiger partial charge in [0, 0.05) is 26.6 Å². The van der Waals surface area contributed by atoms with Crippen LogP contribution in [0.5, 0.6) is 0 Å². The second-order valence-electron chi connectivity index (χ2n) is 4.79. The number of para-hydroxylation sites is 1. The van der Waals surface area contributed by atoms with Crippen molar-refractivity contribution in [2.75, 3.05) is 25.0 Å². The number of nitrogens with zero attached hydrogens (tertiary/aromatic N) is 2. The molecule has 0 aliphatic carbocycles. The van der Waals surface area contributed by atoms with Crippen molar-refractivity contribution in [3.05, 3.63) is 29.3 Å². The molecule has 1 unspecified atom stereocenters. The molecule has 0 radical (unpaired) electrons. The van der Waals surface area contributed by atoms with Gasteiger partial charge in [-0.3, -0.25) is 9.59 Å². The summed E-state index contributed by atoms with van der Waals surface area (Å²) >= 11 is 6.12. The summed E-state index contributed by atoms with van der Waals surface area (Å²) in [7, 11) is 1.65. The highest BCUT2D eigenvalue weighted by molar-refractivity contribution is 6.34. The minimum absolute atomic E-state index is 0.0917. The van der Waals surface area contributed by atoms with Gasteiger partial charge in [-0.25, -0.2) is 0 Å². The summed E-state index contributed by atoms with van der Waals surface area (Å²) in [6.07, 6.45) is 0.864. The summed E-state index contributed by atoms with van der Waals surface area (Å²) in [6.45, 7) is 0.853. The van der Waals surface area contributed by atoms with Crippen LogP contribution in [-0.2, 0) is 9.59 Å². The monoisotopic (exact) mass is 295 g/mol. The van der Waals surface area contributed by atoms with Crippen LogP contribution in [0.3, 0.4) is 0 Å². The quantitative estimate of drug-likeness (QED) is 0.909. The molecule has 0 saturated carbocycles. The van der Waals surface area contributed by atoms with Gasteiger partial charge in [0.2, 0.25) is 11.8 Å². The number of nitrogens with two attached hydrogens (primary N) is 1. The van der Waals surface area contributed by atoms with E-state index in [0.717, 1.165) is 0 Å². The highest BCUT2D eigenvalue weighted by Gasteiger charge is 2.37. The number of carbonyl (C=O) groups excluding carboxylic acids is 2. The average Bonchev–Trinajstić information content (AvgIpc) is 2.80. The molecule has 2 amide bonds. The van der Waals surface area contributed by atoms with E-state index in [1.807, 2.05) is 18.2 Å². The lowest BCUT2D eigenvalue weighted by molar-refractivity contribution is -0.136. The Morgan fingerprint density at radius 1 is 1.50 bits per heavy atom. The predicted octanol–water partition coefficient (Wildman–Crippen LogP) is 1.25. The zero-order valence-corrected chi connectivity index (χ0v) is 12.1. The van der Waals surface area contributed by atoms with Gasteiger partial charge < -0.3 is 15.5 Å². The van der Waals surface area contributed by atoms with Crippen LogP contribution in [0.2, 0.25) is 5.02 Å². The molecule has 108 valence electrons. The van der Waals surface area contributed by atoms with E-state index in [9.17, 15) is 9.59 Å². The molecule has 1 saturated heterocycles. The van der Waals surface area contributed by atoms with Crippen molar-refractivity contribution in [2.24, 2.45) is 5.73 Å². The van der Waals surface area contributed by atoms with Crippen LogP contribution < -0.4 is 10.6 Å². The van der Waals surface area contributed by atoms with Crippen LogP contribution in [0.15, 0.2) is 24.3 Å². The lowest BCUT2D eigenvalue weighted by atomic mass is 10.2. The normalized spacial score (nSPS) is 18.4. The second-order valence-corrected chi connectivity index (χ2v) is 5.20. The first-order chi connectivity index (χ1) is 9.56. The van der Waals surface area contributed by atoms with Gasteiger partial charge in [0.05, 0.1) is 10.7 Å². The summed E-state index contributed by atoms with van der Waals surface area (Å²) < 4.78 is 0. The average molecular weight is 296 g/mol. The maximum absolute atomic E-state index is 12.5. The van der Waals surface area contributed by atoms with Gasteiger partial charge in [-0.1, -0.05) is 23.7 Å². The first-order valence-corrected chi connectivity index (χ1v) is 6.95. The van der Waals surface area contributed by atoms with Crippen LogP contribution in [0.1, 0.15) is 12.8 Å². The summed E-state index contributed by atoms with van der Waals surface area (Å²) in [5.74, 6) is -0.196. The molecule has 2 N–H and O–H groups in total. The molecule has 1 heterocycles. The molecular weight excluding hydrogens is 278 g/mol. The van der Waals surface area contributed by atoms with Crippen molar-refractivity contribution in [3.63, 3.8) is 0 Å². The van der Waals surface area contributed by atoms with Crippen LogP contribution >= 0.6 is 11.6 Å². The van der Waals surface area contributed by atoms with Crippen molar-refractivity contribution in [1.29, 1.82) is 0 Å². The lowest BCUT2D eigenvalue weighted by Gasteiger charge is -2.24. The Kier molecular flexibility index (Phi) is 4.62. The third kappa shape index (κ3) is 2.78. The van der Waals surface area contributed by atoms with E-state index < -0.39 is 6.04 Å². The second kappa shape index (κ2) is 6.24. The molecule has 6 heteroatoms. The maximum atomic E-state index is 12.5. The molecule has 20 heavy (non-hydrogen) atoms. The highest BCUT2D eigenvalue weighted by Crippen LogP contribution is 2.30. The minimum Gasteiger partial charge on any atom is -0.334 e. The molecule has 0 bridgehead atoms. The SMILES string of the molecule is CN(C(=O)CCN)C1CCN(c2ccccc2Cl)C1=O. The maximum Gasteiger partial charge on any atom is 0.249 e. The Labute approximate surface area is 123 Å². The minimum atomic E-state index is -0.426. The number of halogens is 1. The summed E-state index contributed by atoms with van der Waals surface area (Å²) in [5, 5.41) is 0.539. The predicted molar refractivity (Wildman–Crippen MR) is 78.7 cm³/mol. The van der Waals surface area contributed by atoms with Crippen molar-refractivity contribution < 1.29 is 9.59 Å². The summed E-state index contributed by atoms with van der Waals surface area (Å²) in [6, 6.07) is 6.79. The molecule has 5 nitrogen and oxygen atoms in total. The zero-order chi connectivity index (χ0) is 14.7. The molecule has 0 aromatic heterocycles. The fourth-order valence-corrected chi connectivity index (χ4v) is 2.65. The molecule has 1 aromatic carbocycles. The Balaban J connectivity index is 2.14. The number of likely N-dealkylation sites (N-methyl/N-ethyl adjacent to an activating group) is 1. The number of anilines is 1. The summed E-state index contributed by atoms with van der Waals surface area (Å²) in [5.41, 5.74) is 6.07. The van der Waals surface area contributed by atoms with E-state index in [0.29, 0.717) is 23.7 Å². The Morgan fingerprint density at radius 2 is 2.20 bits per heavy atom. The van der Waals surface area contributed by atoms with E-state index in [2.05, 4.69) is 0 Å². The smallest absolute Gasteiger partial charge is 0.249 e. The molecule has 1 aliphatic rings. The molecule has 1 fully saturated rings. The van der Waals surface area contributed by atoms with Crippen molar-refractivity contribution >= 4 is 29.1 Å². The number of hydrogen-bond donors (Lipinski definition) is 1. The molecule has 0 spiro atoms. The van der Waals surface area contributed by atoms with Gasteiger partial charge in [0.1, 0.15) is 6.04 Å². The molecular formula is C14H18ClN3O2. The van der Waals surface area contributed by atoms with Crippen LogP contribution in [0.4, 0.5) is 5.69 Å². The van der Waals surface area contributed by atoms with Crippen molar-refractivity contribution in [1.82, 2.24) is 4.90 Å². The number of hydrogen-bond acceptors (Lipinski definition) is 3. The van der Waals surface area contributed by atoms with E-state index >= 15 is 0 Å². The number of carbonyl (C=O) groups is 2. The van der Waals surface area contributed by atoms with E-state index in [1.165, 1.54) is 4.90 Å². The van der Waals surface area contributed by atoms with Crippen LogP contribution in [-0.4, -0.2) is 42.9 Å². The highest BCUT2D eigenvalue weighted by atomic mass is 35.5. The Morgan fingerprint density at radius 3 is 2.85 bits per heavy atom. The van der Waals surface area contributed by atoms with Gasteiger partial charge in [0.15, 0.2) is 0 Å². The number of amides is 2. The third-order valence-corrected chi connectivity index (χ3v) is 3.86. The molecule has 2 rings (SSSR count). The van der Waals surface area contributed by atoms with Gasteiger partial charge in [-0.15, -0.1) is 0 Å². The van der Waals surface area contributed by atoms with Gasteiger partial charge in [-0.05, 0) is 18.6 Å². The molecule has 1 aromatic rings. The third-order valence-electron chi connectivity index (χ3n) is 3.54. The first-order valence-electron chi connectivity index (χ1n) is 6.58. The van der Waals surface area contributed by atoms with Crippen LogP contribution in [0.25, 0.3) is 0 Å². The lowest BCUT2D eigenvalue weighted by Crippen LogP contribution is -2.43. The Hall–Kier alpha value is -1.59. The largest absolute Gasteiger partial charge is 0.334 e. The Bertz CT molecular complexity index is 521. The van der Waals surface area contributed by atoms with E-state index in [4.69, 9.17) is 17.3 Å². The van der Waals surface area contributed by atoms with E-state index in [-0.39, 0.29) is 24.8 Å². The standard InChI is InChI=1S/C14H18ClN3O2/c1-17(13(19)6-8-16)12-7-9-18(14(12)20)11-5-3-2-4-10(11)15/h2-5,12H,6-9,16H2,1H3. The van der Waals surface area contributed by atoms with Crippen molar-refractivity contribution in [3.8, 4) is 0 Å². The molecule has 1 aliphatic heterocycles. The van der Waals surface area contributed by atoms with Crippen LogP contribution in [0, 0.1) is 0 Å². The zero-order valence-electron chi connectivity index (χ0n) is 11.4. The van der Waals surface area contributed by atoms with Crippen molar-refractivity contribution in [2.45, 2.75) is 18.9 Å².